The summed E-state index contributed by atoms with van der Waals surface area (Å²) in [5.41, 5.74) is 9.38. The molecule has 1 rings (SSSR count). The minimum absolute atomic E-state index is 0.0556. The van der Waals surface area contributed by atoms with Crippen LogP contribution in [0.1, 0.15) is 22.8 Å². The number of rotatable bonds is 4. The molecule has 0 unspecified atom stereocenters. The van der Waals surface area contributed by atoms with E-state index in [4.69, 9.17) is 5.73 Å². The molecule has 0 radical (unpaired) electrons. The largest absolute Gasteiger partial charge is 0.375 e. The number of benzene rings is 1. The number of hydrazone groups is 1. The third-order valence-corrected chi connectivity index (χ3v) is 2.02. The van der Waals surface area contributed by atoms with Crippen LogP contribution in [0.2, 0.25) is 0 Å². The van der Waals surface area contributed by atoms with Crippen molar-refractivity contribution in [2.75, 3.05) is 0 Å². The van der Waals surface area contributed by atoms with Crippen LogP contribution in [0, 0.1) is 0 Å². The van der Waals surface area contributed by atoms with Crippen molar-refractivity contribution in [1.82, 2.24) is 5.43 Å². The summed E-state index contributed by atoms with van der Waals surface area (Å²) in [6, 6.07) is 7.41. The molecule has 5 heteroatoms. The van der Waals surface area contributed by atoms with Gasteiger partial charge in [-0.25, -0.2) is 0 Å². The Morgan fingerprint density at radius 3 is 3.00 bits per heavy atom. The molecule has 0 saturated carbocycles. The average molecular weight is 235 g/mol. The Hall–Kier alpha value is -1.75. The molecule has 0 spiro atoms. The molecule has 16 heavy (non-hydrogen) atoms. The minimum Gasteiger partial charge on any atom is -0.375 e. The highest BCUT2D eigenvalue weighted by atomic mass is 32.1. The van der Waals surface area contributed by atoms with Gasteiger partial charge in [0, 0.05) is 18.2 Å². The van der Waals surface area contributed by atoms with E-state index in [2.05, 4.69) is 22.7 Å². The lowest BCUT2D eigenvalue weighted by molar-refractivity contribution is 0.101. The number of carbonyl (C=O) groups is 1. The van der Waals surface area contributed by atoms with Gasteiger partial charge in [-0.15, -0.1) is 0 Å². The van der Waals surface area contributed by atoms with Gasteiger partial charge in [0.1, 0.15) is 0 Å². The highest BCUT2D eigenvalue weighted by Crippen LogP contribution is 2.05. The van der Waals surface area contributed by atoms with Gasteiger partial charge in [0.2, 0.25) is 0 Å². The first-order valence-corrected chi connectivity index (χ1v) is 5.17. The van der Waals surface area contributed by atoms with Gasteiger partial charge in [0.15, 0.2) is 10.9 Å². The Labute approximate surface area is 99.5 Å². The Morgan fingerprint density at radius 1 is 1.62 bits per heavy atom. The van der Waals surface area contributed by atoms with Crippen LogP contribution in [0.4, 0.5) is 0 Å². The van der Waals surface area contributed by atoms with Crippen LogP contribution in [0.15, 0.2) is 29.4 Å². The van der Waals surface area contributed by atoms with E-state index >= 15 is 0 Å². The summed E-state index contributed by atoms with van der Waals surface area (Å²) in [7, 11) is 0. The lowest BCUT2D eigenvalue weighted by Crippen LogP contribution is -2.24. The molecule has 84 valence electrons. The minimum atomic E-state index is 0.0556. The molecule has 0 aliphatic carbocycles. The summed E-state index contributed by atoms with van der Waals surface area (Å²) in [4.78, 5) is 11.1. The average Bonchev–Trinajstić information content (AvgIpc) is 2.24. The lowest BCUT2D eigenvalue weighted by atomic mass is 10.1. The Morgan fingerprint density at radius 2 is 2.38 bits per heavy atom. The molecule has 4 nitrogen and oxygen atoms in total. The van der Waals surface area contributed by atoms with Crippen molar-refractivity contribution in [2.45, 2.75) is 13.3 Å². The first-order valence-electron chi connectivity index (χ1n) is 4.76. The van der Waals surface area contributed by atoms with Crippen LogP contribution in [0.5, 0.6) is 0 Å². The van der Waals surface area contributed by atoms with Gasteiger partial charge >= 0.3 is 0 Å². The molecule has 0 aliphatic rings. The number of thiocarbonyl (C=S) groups is 1. The Balaban J connectivity index is 2.60. The number of ketones is 1. The molecular formula is C11H13N3OS. The molecule has 1 aromatic carbocycles. The SMILES string of the molecule is CC(=O)c1cccc(CC=NNC(N)=S)c1. The van der Waals surface area contributed by atoms with Crippen molar-refractivity contribution in [2.24, 2.45) is 10.8 Å². The van der Waals surface area contributed by atoms with Gasteiger partial charge in [-0.2, -0.15) is 5.10 Å². The summed E-state index contributed by atoms with van der Waals surface area (Å²) in [6.45, 7) is 1.54. The van der Waals surface area contributed by atoms with Gasteiger partial charge in [0.05, 0.1) is 0 Å². The third-order valence-electron chi connectivity index (χ3n) is 1.93. The summed E-state index contributed by atoms with van der Waals surface area (Å²) < 4.78 is 0. The van der Waals surface area contributed by atoms with E-state index in [0.717, 1.165) is 5.56 Å². The van der Waals surface area contributed by atoms with Crippen LogP contribution >= 0.6 is 12.2 Å². The number of nitrogens with one attached hydrogen (secondary N) is 1. The number of nitrogens with zero attached hydrogens (tertiary/aromatic N) is 1. The molecule has 0 aliphatic heterocycles. The van der Waals surface area contributed by atoms with Crippen molar-refractivity contribution in [3.8, 4) is 0 Å². The second-order valence-corrected chi connectivity index (χ2v) is 3.69. The second kappa shape index (κ2) is 5.97. The van der Waals surface area contributed by atoms with E-state index in [1.54, 1.807) is 19.2 Å². The fraction of sp³-hybridized carbons (Fsp3) is 0.182. The zero-order valence-electron chi connectivity index (χ0n) is 8.93. The Kier molecular flexibility index (Phi) is 4.60. The summed E-state index contributed by atoms with van der Waals surface area (Å²) in [6.07, 6.45) is 2.27. The molecule has 0 atom stereocenters. The first-order chi connectivity index (χ1) is 7.59. The monoisotopic (exact) mass is 235 g/mol. The quantitative estimate of drug-likeness (QED) is 0.357. The zero-order chi connectivity index (χ0) is 12.0. The maximum absolute atomic E-state index is 11.1. The first kappa shape index (κ1) is 12.3. The maximum atomic E-state index is 11.1. The maximum Gasteiger partial charge on any atom is 0.184 e. The van der Waals surface area contributed by atoms with Crippen LogP contribution in [0.25, 0.3) is 0 Å². The smallest absolute Gasteiger partial charge is 0.184 e. The molecule has 0 amide bonds. The third kappa shape index (κ3) is 4.18. The van der Waals surface area contributed by atoms with Gasteiger partial charge < -0.3 is 5.73 Å². The standard InChI is InChI=1S/C11H13N3OS/c1-8(15)10-4-2-3-9(7-10)5-6-13-14-11(12)16/h2-4,6-7H,5H2,1H3,(H3,12,14,16). The fourth-order valence-electron chi connectivity index (χ4n) is 1.18. The Bertz CT molecular complexity index is 429. The summed E-state index contributed by atoms with van der Waals surface area (Å²) >= 11 is 4.59. The van der Waals surface area contributed by atoms with Crippen molar-refractivity contribution in [3.05, 3.63) is 35.4 Å². The zero-order valence-corrected chi connectivity index (χ0v) is 9.75. The van der Waals surface area contributed by atoms with Crippen LogP contribution in [0.3, 0.4) is 0 Å². The number of nitrogens with two attached hydrogens (primary N) is 1. The molecule has 0 bridgehead atoms. The molecule has 0 fully saturated rings. The number of hydrogen-bond acceptors (Lipinski definition) is 3. The van der Waals surface area contributed by atoms with E-state index in [0.29, 0.717) is 12.0 Å². The van der Waals surface area contributed by atoms with Crippen LogP contribution in [-0.4, -0.2) is 17.1 Å². The highest BCUT2D eigenvalue weighted by Gasteiger charge is 1.99. The predicted molar refractivity (Wildman–Crippen MR) is 68.6 cm³/mol. The van der Waals surface area contributed by atoms with Crippen LogP contribution in [-0.2, 0) is 6.42 Å². The molecule has 3 N–H and O–H groups in total. The molecular weight excluding hydrogens is 222 g/mol. The number of carbonyl (C=O) groups excluding carboxylic acids is 1. The van der Waals surface area contributed by atoms with E-state index in [1.165, 1.54) is 0 Å². The van der Waals surface area contributed by atoms with Gasteiger partial charge in [0.25, 0.3) is 0 Å². The highest BCUT2D eigenvalue weighted by molar-refractivity contribution is 7.80. The second-order valence-electron chi connectivity index (χ2n) is 3.25. The van der Waals surface area contributed by atoms with Gasteiger partial charge in [-0.3, -0.25) is 10.2 Å². The van der Waals surface area contributed by atoms with E-state index in [-0.39, 0.29) is 10.9 Å². The number of hydrogen-bond donors (Lipinski definition) is 2. The predicted octanol–water partition coefficient (Wildman–Crippen LogP) is 1.25. The molecule has 0 saturated heterocycles. The van der Waals surface area contributed by atoms with E-state index in [1.807, 2.05) is 18.2 Å². The van der Waals surface area contributed by atoms with Gasteiger partial charge in [-0.1, -0.05) is 18.2 Å². The number of Topliss-reactive ketones (excluding diaryl/α,β-unsaturated/α-hetero) is 1. The summed E-state index contributed by atoms with van der Waals surface area (Å²) in [5.74, 6) is 0.0556. The van der Waals surface area contributed by atoms with E-state index < -0.39 is 0 Å². The van der Waals surface area contributed by atoms with E-state index in [9.17, 15) is 4.79 Å². The fourth-order valence-corrected chi connectivity index (χ4v) is 1.23. The molecule has 0 heterocycles. The molecule has 0 aromatic heterocycles. The normalized spacial score (nSPS) is 10.3. The summed E-state index contributed by atoms with van der Waals surface area (Å²) in [5, 5.41) is 3.95. The molecule has 1 aromatic rings. The van der Waals surface area contributed by atoms with Crippen molar-refractivity contribution < 1.29 is 4.79 Å². The van der Waals surface area contributed by atoms with Crippen LogP contribution < -0.4 is 11.2 Å². The van der Waals surface area contributed by atoms with Crippen molar-refractivity contribution >= 4 is 29.3 Å². The van der Waals surface area contributed by atoms with Crippen molar-refractivity contribution in [3.63, 3.8) is 0 Å². The van der Waals surface area contributed by atoms with Gasteiger partial charge in [-0.05, 0) is 30.8 Å². The lowest BCUT2D eigenvalue weighted by Gasteiger charge is -1.99. The topological polar surface area (TPSA) is 67.5 Å². The van der Waals surface area contributed by atoms with Crippen molar-refractivity contribution in [1.29, 1.82) is 0 Å².